The van der Waals surface area contributed by atoms with Crippen molar-refractivity contribution >= 4 is 0 Å². The Morgan fingerprint density at radius 3 is 2.14 bits per heavy atom. The minimum atomic E-state index is -0.574. The molecule has 0 saturated heterocycles. The molecular formula is C12H18O2. The minimum Gasteiger partial charge on any atom is -0.463 e. The first-order chi connectivity index (χ1) is 6.49. The van der Waals surface area contributed by atoms with Gasteiger partial charge in [-0.2, -0.15) is 0 Å². The van der Waals surface area contributed by atoms with Gasteiger partial charge >= 0.3 is 0 Å². The second kappa shape index (κ2) is 4.47. The Balaban J connectivity index is 2.59. The van der Waals surface area contributed by atoms with E-state index in [9.17, 15) is 0 Å². The van der Waals surface area contributed by atoms with Crippen LogP contribution in [-0.4, -0.2) is 11.9 Å². The molecule has 0 fully saturated rings. The molecule has 0 heterocycles. The van der Waals surface area contributed by atoms with Gasteiger partial charge in [0.2, 0.25) is 5.79 Å². The Kier molecular flexibility index (Phi) is 3.53. The average Bonchev–Trinajstić information content (AvgIpc) is 2.02. The van der Waals surface area contributed by atoms with Crippen molar-refractivity contribution < 1.29 is 9.47 Å². The van der Waals surface area contributed by atoms with E-state index in [1.807, 2.05) is 58.0 Å². The quantitative estimate of drug-likeness (QED) is 0.685. The zero-order valence-corrected chi connectivity index (χ0v) is 9.28. The number of ether oxygens (including phenoxy) is 2. The van der Waals surface area contributed by atoms with E-state index in [0.717, 1.165) is 5.75 Å². The van der Waals surface area contributed by atoms with Gasteiger partial charge in [-0.1, -0.05) is 18.2 Å². The molecule has 0 amide bonds. The number of rotatable bonds is 4. The Hall–Kier alpha value is -1.02. The van der Waals surface area contributed by atoms with E-state index in [4.69, 9.17) is 9.47 Å². The largest absolute Gasteiger partial charge is 0.463 e. The molecule has 0 aromatic heterocycles. The van der Waals surface area contributed by atoms with Crippen LogP contribution in [0.5, 0.6) is 5.75 Å². The van der Waals surface area contributed by atoms with Crippen molar-refractivity contribution in [3.8, 4) is 5.75 Å². The molecule has 2 nitrogen and oxygen atoms in total. The van der Waals surface area contributed by atoms with Crippen LogP contribution >= 0.6 is 0 Å². The lowest BCUT2D eigenvalue weighted by Crippen LogP contribution is -2.34. The van der Waals surface area contributed by atoms with Gasteiger partial charge < -0.3 is 9.47 Å². The van der Waals surface area contributed by atoms with Gasteiger partial charge in [-0.15, -0.1) is 0 Å². The fourth-order valence-electron chi connectivity index (χ4n) is 1.36. The third-order valence-corrected chi connectivity index (χ3v) is 1.63. The highest BCUT2D eigenvalue weighted by molar-refractivity contribution is 5.21. The standard InChI is InChI=1S/C12H18O2/c1-10(2)13-12(3,4)14-11-8-6-5-7-9-11/h5-10H,1-4H3. The molecule has 0 N–H and O–H groups in total. The molecule has 78 valence electrons. The van der Waals surface area contributed by atoms with Crippen LogP contribution in [0.25, 0.3) is 0 Å². The second-order valence-electron chi connectivity index (χ2n) is 3.98. The van der Waals surface area contributed by atoms with E-state index in [1.54, 1.807) is 0 Å². The first-order valence-corrected chi connectivity index (χ1v) is 4.91. The van der Waals surface area contributed by atoms with Crippen molar-refractivity contribution in [2.24, 2.45) is 0 Å². The van der Waals surface area contributed by atoms with Crippen LogP contribution in [0.1, 0.15) is 27.7 Å². The molecule has 2 heteroatoms. The second-order valence-corrected chi connectivity index (χ2v) is 3.98. The van der Waals surface area contributed by atoms with Crippen molar-refractivity contribution in [1.82, 2.24) is 0 Å². The van der Waals surface area contributed by atoms with Crippen molar-refractivity contribution in [2.45, 2.75) is 39.6 Å². The van der Waals surface area contributed by atoms with Crippen molar-refractivity contribution in [2.75, 3.05) is 0 Å². The summed E-state index contributed by atoms with van der Waals surface area (Å²) in [6, 6.07) is 9.70. The zero-order chi connectivity index (χ0) is 10.6. The van der Waals surface area contributed by atoms with Crippen LogP contribution < -0.4 is 4.74 Å². The van der Waals surface area contributed by atoms with E-state index in [-0.39, 0.29) is 6.10 Å². The van der Waals surface area contributed by atoms with E-state index in [0.29, 0.717) is 0 Å². The summed E-state index contributed by atoms with van der Waals surface area (Å²) in [7, 11) is 0. The highest BCUT2D eigenvalue weighted by atomic mass is 16.7. The normalized spacial score (nSPS) is 11.8. The average molecular weight is 194 g/mol. The van der Waals surface area contributed by atoms with Gasteiger partial charge in [0.15, 0.2) is 0 Å². The molecule has 1 aromatic rings. The molecular weight excluding hydrogens is 176 g/mol. The number of benzene rings is 1. The molecule has 0 spiro atoms. The Morgan fingerprint density at radius 2 is 1.64 bits per heavy atom. The molecule has 0 unspecified atom stereocenters. The Morgan fingerprint density at radius 1 is 1.07 bits per heavy atom. The molecule has 1 aromatic carbocycles. The summed E-state index contributed by atoms with van der Waals surface area (Å²) < 4.78 is 11.3. The first kappa shape index (κ1) is 11.1. The lowest BCUT2D eigenvalue weighted by atomic mass is 10.3. The van der Waals surface area contributed by atoms with Crippen LogP contribution in [0, 0.1) is 0 Å². The topological polar surface area (TPSA) is 18.5 Å². The SMILES string of the molecule is CC(C)OC(C)(C)Oc1ccccc1. The molecule has 0 bridgehead atoms. The zero-order valence-electron chi connectivity index (χ0n) is 9.28. The van der Waals surface area contributed by atoms with E-state index < -0.39 is 5.79 Å². The van der Waals surface area contributed by atoms with Crippen LogP contribution in [0.2, 0.25) is 0 Å². The summed E-state index contributed by atoms with van der Waals surface area (Å²) in [6.45, 7) is 7.83. The Labute approximate surface area is 85.8 Å². The summed E-state index contributed by atoms with van der Waals surface area (Å²) in [5.41, 5.74) is 0. The van der Waals surface area contributed by atoms with Gasteiger partial charge in [0.25, 0.3) is 0 Å². The predicted molar refractivity (Wildman–Crippen MR) is 57.4 cm³/mol. The number of para-hydroxylation sites is 1. The van der Waals surface area contributed by atoms with Gasteiger partial charge in [-0.25, -0.2) is 0 Å². The predicted octanol–water partition coefficient (Wildman–Crippen LogP) is 3.23. The Bertz CT molecular complexity index is 265. The molecule has 14 heavy (non-hydrogen) atoms. The molecule has 1 rings (SSSR count). The molecule has 0 aliphatic carbocycles. The lowest BCUT2D eigenvalue weighted by Gasteiger charge is -2.28. The summed E-state index contributed by atoms with van der Waals surface area (Å²) in [4.78, 5) is 0. The maximum atomic E-state index is 5.69. The van der Waals surface area contributed by atoms with Gasteiger partial charge in [-0.3, -0.25) is 0 Å². The summed E-state index contributed by atoms with van der Waals surface area (Å²) in [5, 5.41) is 0. The van der Waals surface area contributed by atoms with Crippen LogP contribution in [0.3, 0.4) is 0 Å². The minimum absolute atomic E-state index is 0.161. The molecule has 0 aliphatic rings. The molecule has 0 aliphatic heterocycles. The maximum absolute atomic E-state index is 5.69. The maximum Gasteiger partial charge on any atom is 0.205 e. The van der Waals surface area contributed by atoms with Gasteiger partial charge in [0.05, 0.1) is 6.10 Å². The highest BCUT2D eigenvalue weighted by Gasteiger charge is 2.21. The highest BCUT2D eigenvalue weighted by Crippen LogP contribution is 2.19. The third-order valence-electron chi connectivity index (χ3n) is 1.63. The number of hydrogen-bond donors (Lipinski definition) is 0. The first-order valence-electron chi connectivity index (χ1n) is 4.91. The van der Waals surface area contributed by atoms with E-state index in [1.165, 1.54) is 0 Å². The summed E-state index contributed by atoms with van der Waals surface area (Å²) in [6.07, 6.45) is 0.161. The van der Waals surface area contributed by atoms with Gasteiger partial charge in [-0.05, 0) is 26.0 Å². The van der Waals surface area contributed by atoms with Gasteiger partial charge in [0, 0.05) is 13.8 Å². The smallest absolute Gasteiger partial charge is 0.205 e. The van der Waals surface area contributed by atoms with Crippen LogP contribution in [0.4, 0.5) is 0 Å². The van der Waals surface area contributed by atoms with Gasteiger partial charge in [0.1, 0.15) is 5.75 Å². The summed E-state index contributed by atoms with van der Waals surface area (Å²) in [5.74, 6) is 0.258. The monoisotopic (exact) mass is 194 g/mol. The molecule has 0 atom stereocenters. The molecule has 0 saturated carbocycles. The summed E-state index contributed by atoms with van der Waals surface area (Å²) >= 11 is 0. The fraction of sp³-hybridized carbons (Fsp3) is 0.500. The number of hydrogen-bond acceptors (Lipinski definition) is 2. The molecule has 0 radical (unpaired) electrons. The van der Waals surface area contributed by atoms with Crippen molar-refractivity contribution in [1.29, 1.82) is 0 Å². The van der Waals surface area contributed by atoms with E-state index in [2.05, 4.69) is 0 Å². The third kappa shape index (κ3) is 3.79. The van der Waals surface area contributed by atoms with Crippen LogP contribution in [0.15, 0.2) is 30.3 Å². The van der Waals surface area contributed by atoms with Crippen molar-refractivity contribution in [3.05, 3.63) is 30.3 Å². The van der Waals surface area contributed by atoms with E-state index >= 15 is 0 Å². The van der Waals surface area contributed by atoms with Crippen LogP contribution in [-0.2, 0) is 4.74 Å². The fourth-order valence-corrected chi connectivity index (χ4v) is 1.36. The lowest BCUT2D eigenvalue weighted by molar-refractivity contribution is -0.178. The van der Waals surface area contributed by atoms with Crippen molar-refractivity contribution in [3.63, 3.8) is 0 Å².